The predicted octanol–water partition coefficient (Wildman–Crippen LogP) is 3.41. The molecule has 0 saturated carbocycles. The van der Waals surface area contributed by atoms with Gasteiger partial charge in [-0.15, -0.1) is 0 Å². The quantitative estimate of drug-likeness (QED) is 0.895. The van der Waals surface area contributed by atoms with Crippen molar-refractivity contribution in [2.45, 2.75) is 39.7 Å². The summed E-state index contributed by atoms with van der Waals surface area (Å²) in [5.41, 5.74) is 3.52. The van der Waals surface area contributed by atoms with Crippen molar-refractivity contribution < 1.29 is 4.79 Å². The van der Waals surface area contributed by atoms with Gasteiger partial charge in [-0.2, -0.15) is 0 Å². The number of pyridine rings is 2. The molecule has 2 N–H and O–H groups in total. The lowest BCUT2D eigenvalue weighted by Crippen LogP contribution is -2.31. The van der Waals surface area contributed by atoms with Gasteiger partial charge in [0.05, 0.1) is 11.4 Å². The van der Waals surface area contributed by atoms with E-state index in [0.29, 0.717) is 6.54 Å². The Bertz CT molecular complexity index is 740. The average molecular weight is 339 g/mol. The van der Waals surface area contributed by atoms with E-state index in [1.165, 1.54) is 19.3 Å². The Morgan fingerprint density at radius 2 is 1.96 bits per heavy atom. The summed E-state index contributed by atoms with van der Waals surface area (Å²) in [6.45, 7) is 6.40. The minimum absolute atomic E-state index is 0.231. The third-order valence-corrected chi connectivity index (χ3v) is 4.42. The van der Waals surface area contributed by atoms with Gasteiger partial charge >= 0.3 is 6.03 Å². The zero-order chi connectivity index (χ0) is 17.6. The molecule has 0 radical (unpaired) electrons. The minimum atomic E-state index is -0.231. The van der Waals surface area contributed by atoms with E-state index >= 15 is 0 Å². The molecule has 0 bridgehead atoms. The van der Waals surface area contributed by atoms with Crippen molar-refractivity contribution in [2.75, 3.05) is 23.3 Å². The van der Waals surface area contributed by atoms with Gasteiger partial charge < -0.3 is 15.5 Å². The zero-order valence-corrected chi connectivity index (χ0v) is 14.9. The van der Waals surface area contributed by atoms with Crippen LogP contribution >= 0.6 is 0 Å². The maximum absolute atomic E-state index is 12.1. The zero-order valence-electron chi connectivity index (χ0n) is 14.9. The van der Waals surface area contributed by atoms with Crippen LogP contribution in [0.4, 0.5) is 16.3 Å². The number of carbonyl (C=O) groups is 1. The lowest BCUT2D eigenvalue weighted by molar-refractivity contribution is 0.251. The van der Waals surface area contributed by atoms with Crippen LogP contribution in [0.25, 0.3) is 0 Å². The Hall–Kier alpha value is -2.63. The summed E-state index contributed by atoms with van der Waals surface area (Å²) in [4.78, 5) is 23.3. The number of amides is 2. The van der Waals surface area contributed by atoms with E-state index in [-0.39, 0.29) is 6.03 Å². The van der Waals surface area contributed by atoms with Gasteiger partial charge in [0.2, 0.25) is 0 Å². The predicted molar refractivity (Wildman–Crippen MR) is 99.9 cm³/mol. The maximum atomic E-state index is 12.1. The van der Waals surface area contributed by atoms with Gasteiger partial charge in [-0.05, 0) is 62.9 Å². The fourth-order valence-corrected chi connectivity index (χ4v) is 3.03. The Labute approximate surface area is 148 Å². The van der Waals surface area contributed by atoms with Gasteiger partial charge in [-0.1, -0.05) is 0 Å². The van der Waals surface area contributed by atoms with Crippen molar-refractivity contribution in [3.05, 3.63) is 47.4 Å². The van der Waals surface area contributed by atoms with Gasteiger partial charge in [0, 0.05) is 31.5 Å². The highest BCUT2D eigenvalue weighted by molar-refractivity contribution is 5.89. The highest BCUT2D eigenvalue weighted by Crippen LogP contribution is 2.18. The molecule has 0 atom stereocenters. The standard InChI is InChI=1S/C19H25N5O/c1-14-6-7-17(15(2)22-14)23-19(25)21-13-16-8-9-20-18(12-16)24-10-4-3-5-11-24/h6-9,12H,3-5,10-11,13H2,1-2H3,(H2,21,23,25). The number of anilines is 2. The van der Waals surface area contributed by atoms with Crippen molar-refractivity contribution in [1.29, 1.82) is 0 Å². The number of hydrogen-bond acceptors (Lipinski definition) is 4. The topological polar surface area (TPSA) is 70.2 Å². The number of hydrogen-bond donors (Lipinski definition) is 2. The van der Waals surface area contributed by atoms with Crippen molar-refractivity contribution in [1.82, 2.24) is 15.3 Å². The van der Waals surface area contributed by atoms with Gasteiger partial charge in [0.25, 0.3) is 0 Å². The first-order chi connectivity index (χ1) is 12.1. The van der Waals surface area contributed by atoms with Crippen molar-refractivity contribution in [3.8, 4) is 0 Å². The van der Waals surface area contributed by atoms with Gasteiger partial charge in [0.15, 0.2) is 0 Å². The number of aromatic nitrogens is 2. The summed E-state index contributed by atoms with van der Waals surface area (Å²) in [7, 11) is 0. The Morgan fingerprint density at radius 1 is 1.16 bits per heavy atom. The molecule has 2 aromatic heterocycles. The second-order valence-electron chi connectivity index (χ2n) is 6.46. The molecule has 3 heterocycles. The number of piperidine rings is 1. The first kappa shape index (κ1) is 17.2. The molecule has 1 fully saturated rings. The Balaban J connectivity index is 1.56. The Morgan fingerprint density at radius 3 is 2.72 bits per heavy atom. The summed E-state index contributed by atoms with van der Waals surface area (Å²) in [5, 5.41) is 5.74. The van der Waals surface area contributed by atoms with E-state index in [4.69, 9.17) is 0 Å². The molecule has 0 unspecified atom stereocenters. The molecule has 2 aromatic rings. The van der Waals surface area contributed by atoms with Gasteiger partial charge in [-0.3, -0.25) is 4.98 Å². The SMILES string of the molecule is Cc1ccc(NC(=O)NCc2ccnc(N3CCCCC3)c2)c(C)n1. The van der Waals surface area contributed by atoms with Crippen LogP contribution in [0.2, 0.25) is 0 Å². The second kappa shape index (κ2) is 7.96. The summed E-state index contributed by atoms with van der Waals surface area (Å²) in [6.07, 6.45) is 5.55. The molecular weight excluding hydrogens is 314 g/mol. The number of aryl methyl sites for hydroxylation is 2. The van der Waals surface area contributed by atoms with E-state index in [1.807, 2.05) is 38.2 Å². The molecule has 6 heteroatoms. The molecular formula is C19H25N5O. The molecule has 1 aliphatic heterocycles. The van der Waals surface area contributed by atoms with E-state index in [1.54, 1.807) is 0 Å². The number of nitrogens with zero attached hydrogens (tertiary/aromatic N) is 3. The largest absolute Gasteiger partial charge is 0.357 e. The van der Waals surface area contributed by atoms with E-state index in [2.05, 4.69) is 31.6 Å². The molecule has 132 valence electrons. The van der Waals surface area contributed by atoms with Crippen LogP contribution in [0.5, 0.6) is 0 Å². The highest BCUT2D eigenvalue weighted by Gasteiger charge is 2.12. The first-order valence-corrected chi connectivity index (χ1v) is 8.81. The number of nitrogens with one attached hydrogen (secondary N) is 2. The normalized spacial score (nSPS) is 14.2. The summed E-state index contributed by atoms with van der Waals surface area (Å²) in [6, 6.07) is 7.52. The van der Waals surface area contributed by atoms with Crippen molar-refractivity contribution in [2.24, 2.45) is 0 Å². The molecule has 0 aromatic carbocycles. The fourth-order valence-electron chi connectivity index (χ4n) is 3.03. The van der Waals surface area contributed by atoms with Crippen LogP contribution in [-0.4, -0.2) is 29.1 Å². The molecule has 25 heavy (non-hydrogen) atoms. The fraction of sp³-hybridized carbons (Fsp3) is 0.421. The van der Waals surface area contributed by atoms with E-state index in [9.17, 15) is 4.79 Å². The molecule has 6 nitrogen and oxygen atoms in total. The van der Waals surface area contributed by atoms with Crippen LogP contribution in [-0.2, 0) is 6.54 Å². The molecule has 0 spiro atoms. The van der Waals surface area contributed by atoms with E-state index < -0.39 is 0 Å². The van der Waals surface area contributed by atoms with E-state index in [0.717, 1.165) is 41.5 Å². The number of carbonyl (C=O) groups excluding carboxylic acids is 1. The minimum Gasteiger partial charge on any atom is -0.357 e. The summed E-state index contributed by atoms with van der Waals surface area (Å²) < 4.78 is 0. The highest BCUT2D eigenvalue weighted by atomic mass is 16.2. The molecule has 0 aliphatic carbocycles. The van der Waals surface area contributed by atoms with Crippen molar-refractivity contribution in [3.63, 3.8) is 0 Å². The van der Waals surface area contributed by atoms with Crippen LogP contribution in [0.15, 0.2) is 30.5 Å². The molecule has 3 rings (SSSR count). The lowest BCUT2D eigenvalue weighted by Gasteiger charge is -2.27. The van der Waals surface area contributed by atoms with Crippen LogP contribution in [0.1, 0.15) is 36.2 Å². The van der Waals surface area contributed by atoms with Gasteiger partial charge in [0.1, 0.15) is 5.82 Å². The summed E-state index contributed by atoms with van der Waals surface area (Å²) in [5.74, 6) is 0.998. The third kappa shape index (κ3) is 4.68. The lowest BCUT2D eigenvalue weighted by atomic mass is 10.1. The number of urea groups is 1. The summed E-state index contributed by atoms with van der Waals surface area (Å²) >= 11 is 0. The maximum Gasteiger partial charge on any atom is 0.319 e. The monoisotopic (exact) mass is 339 g/mol. The first-order valence-electron chi connectivity index (χ1n) is 8.81. The second-order valence-corrected chi connectivity index (χ2v) is 6.46. The average Bonchev–Trinajstić information content (AvgIpc) is 2.63. The third-order valence-electron chi connectivity index (χ3n) is 4.42. The van der Waals surface area contributed by atoms with Crippen LogP contribution < -0.4 is 15.5 Å². The molecule has 2 amide bonds. The van der Waals surface area contributed by atoms with Gasteiger partial charge in [-0.25, -0.2) is 9.78 Å². The van der Waals surface area contributed by atoms with Crippen molar-refractivity contribution >= 4 is 17.5 Å². The van der Waals surface area contributed by atoms with Crippen LogP contribution in [0.3, 0.4) is 0 Å². The number of rotatable bonds is 4. The smallest absolute Gasteiger partial charge is 0.319 e. The molecule has 1 saturated heterocycles. The molecule has 1 aliphatic rings. The van der Waals surface area contributed by atoms with Crippen LogP contribution in [0, 0.1) is 13.8 Å². The Kier molecular flexibility index (Phi) is 5.48.